The Morgan fingerprint density at radius 2 is 2.12 bits per heavy atom. The van der Waals surface area contributed by atoms with Crippen LogP contribution in [0.4, 0.5) is 0 Å². The summed E-state index contributed by atoms with van der Waals surface area (Å²) in [5.41, 5.74) is 1.15. The second-order valence-corrected chi connectivity index (χ2v) is 4.22. The van der Waals surface area contributed by atoms with Gasteiger partial charge in [0, 0.05) is 12.6 Å². The molecule has 1 atom stereocenters. The smallest absolute Gasteiger partial charge is 0.119 e. The molecule has 1 saturated heterocycles. The van der Waals surface area contributed by atoms with Crippen LogP contribution < -0.4 is 10.1 Å². The van der Waals surface area contributed by atoms with Gasteiger partial charge in [-0.25, -0.2) is 0 Å². The Bertz CT molecular complexity index is 304. The summed E-state index contributed by atoms with van der Waals surface area (Å²) in [6.45, 7) is 2.06. The van der Waals surface area contributed by atoms with Crippen LogP contribution in [0.1, 0.15) is 18.4 Å². The highest BCUT2D eigenvalue weighted by atomic mass is 16.5. The molecule has 1 unspecified atom stereocenters. The van der Waals surface area contributed by atoms with Gasteiger partial charge in [-0.1, -0.05) is 12.1 Å². The fraction of sp³-hybridized carbons (Fsp3) is 0.538. The van der Waals surface area contributed by atoms with Gasteiger partial charge in [0.15, 0.2) is 0 Å². The highest BCUT2D eigenvalue weighted by molar-refractivity contribution is 5.27. The molecule has 2 rings (SSSR count). The molecule has 3 nitrogen and oxygen atoms in total. The van der Waals surface area contributed by atoms with Gasteiger partial charge in [0.25, 0.3) is 0 Å². The van der Waals surface area contributed by atoms with Gasteiger partial charge in [-0.3, -0.25) is 0 Å². The van der Waals surface area contributed by atoms with Gasteiger partial charge in [-0.05, 0) is 43.5 Å². The summed E-state index contributed by atoms with van der Waals surface area (Å²) in [6.07, 6.45) is 3.18. The van der Waals surface area contributed by atoms with Gasteiger partial charge in [-0.2, -0.15) is 0 Å². The molecule has 1 heterocycles. The molecule has 3 heteroatoms. The molecular weight excluding hydrogens is 202 g/mol. The molecule has 0 radical (unpaired) electrons. The van der Waals surface area contributed by atoms with E-state index in [-0.39, 0.29) is 6.61 Å². The number of aliphatic hydroxyl groups excluding tert-OH is 1. The third-order valence-corrected chi connectivity index (χ3v) is 2.94. The Morgan fingerprint density at radius 3 is 2.75 bits per heavy atom. The first-order valence-electron chi connectivity index (χ1n) is 5.94. The van der Waals surface area contributed by atoms with Gasteiger partial charge in [0.05, 0.1) is 0 Å². The molecule has 2 N–H and O–H groups in total. The van der Waals surface area contributed by atoms with E-state index in [0.717, 1.165) is 24.5 Å². The zero-order valence-corrected chi connectivity index (χ0v) is 9.48. The fourth-order valence-corrected chi connectivity index (χ4v) is 1.98. The topological polar surface area (TPSA) is 41.5 Å². The Balaban J connectivity index is 1.80. The van der Waals surface area contributed by atoms with E-state index >= 15 is 0 Å². The largest absolute Gasteiger partial charge is 0.492 e. The van der Waals surface area contributed by atoms with Gasteiger partial charge in [-0.15, -0.1) is 0 Å². The molecule has 1 fully saturated rings. The zero-order valence-electron chi connectivity index (χ0n) is 9.48. The van der Waals surface area contributed by atoms with Crippen LogP contribution in [-0.4, -0.2) is 30.9 Å². The van der Waals surface area contributed by atoms with Crippen molar-refractivity contribution in [1.82, 2.24) is 5.32 Å². The summed E-state index contributed by atoms with van der Waals surface area (Å²) in [6, 6.07) is 8.47. The predicted molar refractivity (Wildman–Crippen MR) is 63.8 cm³/mol. The number of ether oxygens (including phenoxy) is 1. The van der Waals surface area contributed by atoms with Crippen molar-refractivity contribution < 1.29 is 9.84 Å². The van der Waals surface area contributed by atoms with Crippen molar-refractivity contribution in [2.45, 2.75) is 25.3 Å². The van der Waals surface area contributed by atoms with E-state index in [2.05, 4.69) is 5.32 Å². The predicted octanol–water partition coefficient (Wildman–Crippen LogP) is 1.35. The van der Waals surface area contributed by atoms with Crippen LogP contribution in [-0.2, 0) is 6.42 Å². The monoisotopic (exact) mass is 221 g/mol. The van der Waals surface area contributed by atoms with Crippen LogP contribution >= 0.6 is 0 Å². The molecule has 0 amide bonds. The highest BCUT2D eigenvalue weighted by Crippen LogP contribution is 2.14. The van der Waals surface area contributed by atoms with E-state index in [1.54, 1.807) is 0 Å². The first-order valence-corrected chi connectivity index (χ1v) is 5.94. The minimum absolute atomic E-state index is 0.201. The summed E-state index contributed by atoms with van der Waals surface area (Å²) in [5, 5.41) is 12.2. The van der Waals surface area contributed by atoms with E-state index in [0.29, 0.717) is 12.5 Å². The standard InChI is InChI=1S/C13H19NO2/c15-9-7-11-3-5-13(6-4-11)16-10-12-2-1-8-14-12/h3-6,12,14-15H,1-2,7-10H2. The second-order valence-electron chi connectivity index (χ2n) is 4.22. The summed E-state index contributed by atoms with van der Waals surface area (Å²) in [7, 11) is 0. The van der Waals surface area contributed by atoms with Gasteiger partial charge < -0.3 is 15.2 Å². The van der Waals surface area contributed by atoms with E-state index in [1.165, 1.54) is 12.8 Å². The molecule has 88 valence electrons. The summed E-state index contributed by atoms with van der Waals surface area (Å²) in [4.78, 5) is 0. The minimum atomic E-state index is 0.201. The lowest BCUT2D eigenvalue weighted by molar-refractivity contribution is 0.277. The lowest BCUT2D eigenvalue weighted by Crippen LogP contribution is -2.28. The zero-order chi connectivity index (χ0) is 11.2. The number of aliphatic hydroxyl groups is 1. The molecule has 1 aliphatic heterocycles. The fourth-order valence-electron chi connectivity index (χ4n) is 1.98. The van der Waals surface area contributed by atoms with E-state index in [4.69, 9.17) is 9.84 Å². The molecule has 0 spiro atoms. The maximum absolute atomic E-state index is 8.80. The summed E-state index contributed by atoms with van der Waals surface area (Å²) in [5.74, 6) is 0.912. The first kappa shape index (κ1) is 11.4. The first-order chi connectivity index (χ1) is 7.88. The molecule has 0 aromatic heterocycles. The van der Waals surface area contributed by atoms with Gasteiger partial charge in [0.2, 0.25) is 0 Å². The Morgan fingerprint density at radius 1 is 1.31 bits per heavy atom. The summed E-state index contributed by atoms with van der Waals surface area (Å²) >= 11 is 0. The molecule has 0 aliphatic carbocycles. The molecule has 0 saturated carbocycles. The van der Waals surface area contributed by atoms with E-state index in [1.807, 2.05) is 24.3 Å². The van der Waals surface area contributed by atoms with Crippen LogP contribution in [0.15, 0.2) is 24.3 Å². The van der Waals surface area contributed by atoms with Crippen molar-refractivity contribution in [3.8, 4) is 5.75 Å². The third-order valence-electron chi connectivity index (χ3n) is 2.94. The second kappa shape index (κ2) is 5.87. The number of hydrogen-bond donors (Lipinski definition) is 2. The van der Waals surface area contributed by atoms with E-state index in [9.17, 15) is 0 Å². The lowest BCUT2D eigenvalue weighted by Gasteiger charge is -2.12. The van der Waals surface area contributed by atoms with Crippen LogP contribution in [0.2, 0.25) is 0 Å². The number of benzene rings is 1. The van der Waals surface area contributed by atoms with Gasteiger partial charge in [0.1, 0.15) is 12.4 Å². The third kappa shape index (κ3) is 3.22. The number of rotatable bonds is 5. The van der Waals surface area contributed by atoms with Crippen LogP contribution in [0.25, 0.3) is 0 Å². The summed E-state index contributed by atoms with van der Waals surface area (Å²) < 4.78 is 5.70. The van der Waals surface area contributed by atoms with E-state index < -0.39 is 0 Å². The van der Waals surface area contributed by atoms with Crippen molar-refractivity contribution in [2.75, 3.05) is 19.8 Å². The SMILES string of the molecule is OCCc1ccc(OCC2CCCN2)cc1. The Kier molecular flexibility index (Phi) is 4.19. The molecular formula is C13H19NO2. The average molecular weight is 221 g/mol. The number of nitrogens with one attached hydrogen (secondary N) is 1. The van der Waals surface area contributed by atoms with Crippen molar-refractivity contribution in [1.29, 1.82) is 0 Å². The molecule has 0 bridgehead atoms. The normalized spacial score (nSPS) is 19.9. The molecule has 1 aromatic rings. The quantitative estimate of drug-likeness (QED) is 0.788. The van der Waals surface area contributed by atoms with Crippen LogP contribution in [0.3, 0.4) is 0 Å². The minimum Gasteiger partial charge on any atom is -0.492 e. The van der Waals surface area contributed by atoms with Crippen molar-refractivity contribution in [3.63, 3.8) is 0 Å². The Hall–Kier alpha value is -1.06. The molecule has 16 heavy (non-hydrogen) atoms. The maximum atomic E-state index is 8.80. The Labute approximate surface area is 96.4 Å². The van der Waals surface area contributed by atoms with Crippen molar-refractivity contribution in [2.24, 2.45) is 0 Å². The average Bonchev–Trinajstić information content (AvgIpc) is 2.82. The van der Waals surface area contributed by atoms with Crippen LogP contribution in [0, 0.1) is 0 Å². The molecule has 1 aliphatic rings. The van der Waals surface area contributed by atoms with Crippen molar-refractivity contribution >= 4 is 0 Å². The number of hydrogen-bond acceptors (Lipinski definition) is 3. The van der Waals surface area contributed by atoms with Crippen molar-refractivity contribution in [3.05, 3.63) is 29.8 Å². The highest BCUT2D eigenvalue weighted by Gasteiger charge is 2.14. The van der Waals surface area contributed by atoms with Gasteiger partial charge >= 0.3 is 0 Å². The van der Waals surface area contributed by atoms with Crippen LogP contribution in [0.5, 0.6) is 5.75 Å². The maximum Gasteiger partial charge on any atom is 0.119 e. The lowest BCUT2D eigenvalue weighted by atomic mass is 10.1. The molecule has 1 aromatic carbocycles.